The SMILES string of the molecule is O=C(Nc1cccnc1)N1CC(COc2ccc3ccccc3c2)C1. The van der Waals surface area contributed by atoms with Gasteiger partial charge in [0.1, 0.15) is 5.75 Å². The van der Waals surface area contributed by atoms with E-state index in [1.807, 2.05) is 24.3 Å². The van der Waals surface area contributed by atoms with Crippen molar-refractivity contribution in [3.63, 3.8) is 0 Å². The molecule has 0 bridgehead atoms. The van der Waals surface area contributed by atoms with E-state index in [0.29, 0.717) is 31.3 Å². The molecule has 1 aliphatic rings. The molecular weight excluding hydrogens is 314 g/mol. The molecule has 1 aliphatic heterocycles. The van der Waals surface area contributed by atoms with Crippen molar-refractivity contribution in [1.82, 2.24) is 9.88 Å². The van der Waals surface area contributed by atoms with Gasteiger partial charge in [-0.2, -0.15) is 0 Å². The van der Waals surface area contributed by atoms with Crippen molar-refractivity contribution in [3.8, 4) is 5.75 Å². The third-order valence-corrected chi connectivity index (χ3v) is 4.36. The maximum atomic E-state index is 12.1. The Hall–Kier alpha value is -3.08. The van der Waals surface area contributed by atoms with E-state index in [9.17, 15) is 4.79 Å². The van der Waals surface area contributed by atoms with Crippen LogP contribution in [0.1, 0.15) is 0 Å². The summed E-state index contributed by atoms with van der Waals surface area (Å²) in [6.45, 7) is 2.04. The highest BCUT2D eigenvalue weighted by Gasteiger charge is 2.31. The Kier molecular flexibility index (Phi) is 4.21. The van der Waals surface area contributed by atoms with E-state index in [1.165, 1.54) is 10.8 Å². The fourth-order valence-corrected chi connectivity index (χ4v) is 2.95. The molecule has 0 spiro atoms. The molecule has 2 aromatic carbocycles. The Morgan fingerprint density at radius 3 is 2.76 bits per heavy atom. The maximum absolute atomic E-state index is 12.1. The van der Waals surface area contributed by atoms with Gasteiger partial charge >= 0.3 is 6.03 Å². The molecular formula is C20H19N3O2. The summed E-state index contributed by atoms with van der Waals surface area (Å²) >= 11 is 0. The lowest BCUT2D eigenvalue weighted by atomic mass is 10.0. The molecule has 1 saturated heterocycles. The van der Waals surface area contributed by atoms with Gasteiger partial charge in [-0.25, -0.2) is 4.79 Å². The second-order valence-electron chi connectivity index (χ2n) is 6.26. The van der Waals surface area contributed by atoms with Crippen LogP contribution in [0.3, 0.4) is 0 Å². The van der Waals surface area contributed by atoms with Crippen LogP contribution >= 0.6 is 0 Å². The van der Waals surface area contributed by atoms with E-state index >= 15 is 0 Å². The number of hydrogen-bond donors (Lipinski definition) is 1. The highest BCUT2D eigenvalue weighted by Crippen LogP contribution is 2.23. The summed E-state index contributed by atoms with van der Waals surface area (Å²) in [5.41, 5.74) is 0.711. The van der Waals surface area contributed by atoms with Crippen molar-refractivity contribution in [2.75, 3.05) is 25.0 Å². The average Bonchev–Trinajstić information content (AvgIpc) is 2.61. The number of anilines is 1. The first kappa shape index (κ1) is 15.4. The average molecular weight is 333 g/mol. The molecule has 0 aliphatic carbocycles. The largest absolute Gasteiger partial charge is 0.493 e. The number of carbonyl (C=O) groups excluding carboxylic acids is 1. The van der Waals surface area contributed by atoms with Gasteiger partial charge in [-0.3, -0.25) is 4.98 Å². The number of amides is 2. The van der Waals surface area contributed by atoms with Gasteiger partial charge in [-0.05, 0) is 35.0 Å². The molecule has 5 heteroatoms. The summed E-state index contributed by atoms with van der Waals surface area (Å²) < 4.78 is 5.90. The lowest BCUT2D eigenvalue weighted by Gasteiger charge is -2.38. The van der Waals surface area contributed by atoms with Crippen LogP contribution in [0.2, 0.25) is 0 Å². The number of fused-ring (bicyclic) bond motifs is 1. The summed E-state index contributed by atoms with van der Waals surface area (Å²) in [6, 6.07) is 17.9. The summed E-state index contributed by atoms with van der Waals surface area (Å²) in [6.07, 6.45) is 3.32. The van der Waals surface area contributed by atoms with Gasteiger partial charge in [0.2, 0.25) is 0 Å². The molecule has 5 nitrogen and oxygen atoms in total. The zero-order chi connectivity index (χ0) is 17.1. The Labute approximate surface area is 146 Å². The molecule has 0 unspecified atom stereocenters. The standard InChI is InChI=1S/C20H19N3O2/c24-20(22-18-6-3-9-21-11-18)23-12-15(13-23)14-25-19-8-7-16-4-1-2-5-17(16)10-19/h1-11,15H,12-14H2,(H,22,24). The Bertz CT molecular complexity index is 876. The Balaban J connectivity index is 1.26. The van der Waals surface area contributed by atoms with Gasteiger partial charge < -0.3 is 15.0 Å². The monoisotopic (exact) mass is 333 g/mol. The summed E-state index contributed by atoms with van der Waals surface area (Å²) in [4.78, 5) is 17.9. The van der Waals surface area contributed by atoms with Crippen molar-refractivity contribution in [2.24, 2.45) is 5.92 Å². The van der Waals surface area contributed by atoms with Crippen LogP contribution in [0.15, 0.2) is 67.0 Å². The Morgan fingerprint density at radius 1 is 1.12 bits per heavy atom. The van der Waals surface area contributed by atoms with E-state index in [1.54, 1.807) is 23.4 Å². The fraction of sp³-hybridized carbons (Fsp3) is 0.200. The van der Waals surface area contributed by atoms with E-state index in [0.717, 1.165) is 5.75 Å². The number of nitrogens with one attached hydrogen (secondary N) is 1. The van der Waals surface area contributed by atoms with Gasteiger partial charge in [0.05, 0.1) is 18.5 Å². The number of likely N-dealkylation sites (tertiary alicyclic amines) is 1. The topological polar surface area (TPSA) is 54.5 Å². The first-order valence-corrected chi connectivity index (χ1v) is 8.35. The van der Waals surface area contributed by atoms with Crippen molar-refractivity contribution in [1.29, 1.82) is 0 Å². The van der Waals surface area contributed by atoms with Crippen LogP contribution in [0.4, 0.5) is 10.5 Å². The molecule has 2 heterocycles. The number of rotatable bonds is 4. The third-order valence-electron chi connectivity index (χ3n) is 4.36. The predicted octanol–water partition coefficient (Wildman–Crippen LogP) is 3.78. The summed E-state index contributed by atoms with van der Waals surface area (Å²) in [7, 11) is 0. The number of benzene rings is 2. The minimum Gasteiger partial charge on any atom is -0.493 e. The second-order valence-corrected chi connectivity index (χ2v) is 6.26. The van der Waals surface area contributed by atoms with Crippen LogP contribution in [-0.4, -0.2) is 35.6 Å². The van der Waals surface area contributed by atoms with Crippen molar-refractivity contribution >= 4 is 22.5 Å². The predicted molar refractivity (Wildman–Crippen MR) is 97.8 cm³/mol. The van der Waals surface area contributed by atoms with E-state index in [4.69, 9.17) is 4.74 Å². The zero-order valence-corrected chi connectivity index (χ0v) is 13.8. The first-order chi connectivity index (χ1) is 12.3. The number of carbonyl (C=O) groups is 1. The number of pyridine rings is 1. The van der Waals surface area contributed by atoms with Crippen LogP contribution in [0.5, 0.6) is 5.75 Å². The smallest absolute Gasteiger partial charge is 0.321 e. The summed E-state index contributed by atoms with van der Waals surface area (Å²) in [5, 5.41) is 5.22. The summed E-state index contributed by atoms with van der Waals surface area (Å²) in [5.74, 6) is 1.24. The van der Waals surface area contributed by atoms with E-state index in [2.05, 4.69) is 34.6 Å². The lowest BCUT2D eigenvalue weighted by Crippen LogP contribution is -2.53. The van der Waals surface area contributed by atoms with Crippen molar-refractivity contribution in [3.05, 3.63) is 67.0 Å². The first-order valence-electron chi connectivity index (χ1n) is 8.35. The highest BCUT2D eigenvalue weighted by molar-refractivity contribution is 5.89. The van der Waals surface area contributed by atoms with Crippen LogP contribution in [0, 0.1) is 5.92 Å². The number of nitrogens with zero attached hydrogens (tertiary/aromatic N) is 2. The minimum absolute atomic E-state index is 0.0880. The van der Waals surface area contributed by atoms with Gasteiger partial charge in [0.15, 0.2) is 0 Å². The van der Waals surface area contributed by atoms with Crippen LogP contribution < -0.4 is 10.1 Å². The minimum atomic E-state index is -0.0880. The lowest BCUT2D eigenvalue weighted by molar-refractivity contribution is 0.0925. The highest BCUT2D eigenvalue weighted by atomic mass is 16.5. The molecule has 4 rings (SSSR count). The molecule has 25 heavy (non-hydrogen) atoms. The van der Waals surface area contributed by atoms with Crippen molar-refractivity contribution < 1.29 is 9.53 Å². The van der Waals surface area contributed by atoms with E-state index < -0.39 is 0 Å². The molecule has 1 aromatic heterocycles. The molecule has 0 atom stereocenters. The molecule has 1 fully saturated rings. The third kappa shape index (κ3) is 3.55. The zero-order valence-electron chi connectivity index (χ0n) is 13.8. The number of ether oxygens (including phenoxy) is 1. The van der Waals surface area contributed by atoms with Gasteiger partial charge in [-0.1, -0.05) is 30.3 Å². The molecule has 0 saturated carbocycles. The molecule has 0 radical (unpaired) electrons. The normalized spacial score (nSPS) is 14.2. The molecule has 1 N–H and O–H groups in total. The molecule has 126 valence electrons. The van der Waals surface area contributed by atoms with Crippen LogP contribution in [-0.2, 0) is 0 Å². The maximum Gasteiger partial charge on any atom is 0.321 e. The molecule has 3 aromatic rings. The number of hydrogen-bond acceptors (Lipinski definition) is 3. The Morgan fingerprint density at radius 2 is 1.96 bits per heavy atom. The van der Waals surface area contributed by atoms with Gasteiger partial charge in [0.25, 0.3) is 0 Å². The van der Waals surface area contributed by atoms with E-state index in [-0.39, 0.29) is 6.03 Å². The quantitative estimate of drug-likeness (QED) is 0.790. The second kappa shape index (κ2) is 6.81. The van der Waals surface area contributed by atoms with Gasteiger partial charge in [0, 0.05) is 25.2 Å². The number of aromatic nitrogens is 1. The number of urea groups is 1. The fourth-order valence-electron chi connectivity index (χ4n) is 2.95. The molecule has 2 amide bonds. The van der Waals surface area contributed by atoms with Crippen molar-refractivity contribution in [2.45, 2.75) is 0 Å². The van der Waals surface area contributed by atoms with Crippen LogP contribution in [0.25, 0.3) is 10.8 Å². The van der Waals surface area contributed by atoms with Gasteiger partial charge in [-0.15, -0.1) is 0 Å².